The van der Waals surface area contributed by atoms with Gasteiger partial charge in [-0.1, -0.05) is 242 Å². The molecule has 4 bridgehead atoms. The Morgan fingerprint density at radius 2 is 0.765 bits per heavy atom. The summed E-state index contributed by atoms with van der Waals surface area (Å²) in [6.07, 6.45) is 6.67. The molecule has 10 aromatic rings. The van der Waals surface area contributed by atoms with Crippen LogP contribution in [0.2, 0.25) is 0 Å². The Labute approximate surface area is 480 Å². The monoisotopic (exact) mass is 1050 g/mol. The summed E-state index contributed by atoms with van der Waals surface area (Å²) in [6, 6.07) is 89.3. The van der Waals surface area contributed by atoms with Crippen LogP contribution in [0.25, 0.3) is 55.6 Å². The summed E-state index contributed by atoms with van der Waals surface area (Å²) in [5.41, 5.74) is 27.2. The molecular formula is C77H70BN3. The minimum atomic E-state index is -0.210. The number of benzene rings is 10. The van der Waals surface area contributed by atoms with Gasteiger partial charge < -0.3 is 14.7 Å². The highest BCUT2D eigenvalue weighted by atomic mass is 15.2. The maximum absolute atomic E-state index is 2.90. The molecule has 81 heavy (non-hydrogen) atoms. The smallest absolute Gasteiger partial charge is 0.252 e. The predicted molar refractivity (Wildman–Crippen MR) is 345 cm³/mol. The molecule has 3 nitrogen and oxygen atoms in total. The van der Waals surface area contributed by atoms with Crippen LogP contribution in [-0.2, 0) is 10.8 Å². The first-order valence-corrected chi connectivity index (χ1v) is 29.9. The molecule has 0 radical (unpaired) electrons. The standard InChI is InChI=1S/C77H70BN3/c1-76(2,3)58-36-33-52(34-37-58)57-35-40-69-68(46-57)78-67-39-38-60(79-61-42-50-41-51(44-61)45-62(79)43-50)49-70(67)81(75-65(55-25-15-9-16-26-55)31-20-32-66(75)56-27-17-10-18-28-56)72-48-59(77(4,5)6)47-71(73(72)78)80(69)74-63(53-21-11-7-12-22-53)29-19-30-64(74)54-23-13-8-14-24-54/h7-40,46-51,61-62H,41-45H2,1-6H3. The van der Waals surface area contributed by atoms with Crippen LogP contribution >= 0.6 is 0 Å². The largest absolute Gasteiger partial charge is 0.365 e. The molecule has 16 rings (SSSR count). The first kappa shape index (κ1) is 49.7. The van der Waals surface area contributed by atoms with E-state index in [1.54, 1.807) is 0 Å². The van der Waals surface area contributed by atoms with Crippen molar-refractivity contribution < 1.29 is 0 Å². The molecule has 2 saturated heterocycles. The van der Waals surface area contributed by atoms with Crippen LogP contribution in [0.5, 0.6) is 0 Å². The molecule has 4 heterocycles. The number of rotatable bonds is 8. The number of hydrogen-bond donors (Lipinski definition) is 0. The van der Waals surface area contributed by atoms with Gasteiger partial charge in [-0.15, -0.1) is 0 Å². The van der Waals surface area contributed by atoms with Gasteiger partial charge in [0.05, 0.1) is 11.4 Å². The number of hydrogen-bond acceptors (Lipinski definition) is 3. The summed E-state index contributed by atoms with van der Waals surface area (Å²) in [5, 5.41) is 0. The lowest BCUT2D eigenvalue weighted by molar-refractivity contribution is 0.0900. The van der Waals surface area contributed by atoms with E-state index >= 15 is 0 Å². The molecule has 2 saturated carbocycles. The normalized spacial score (nSPS) is 18.6. The first-order valence-electron chi connectivity index (χ1n) is 29.9. The van der Waals surface area contributed by atoms with E-state index in [4.69, 9.17) is 0 Å². The van der Waals surface area contributed by atoms with Gasteiger partial charge in [-0.25, -0.2) is 0 Å². The lowest BCUT2D eigenvalue weighted by Crippen LogP contribution is -2.62. The fourth-order valence-corrected chi connectivity index (χ4v) is 15.3. The molecule has 4 aliphatic heterocycles. The minimum Gasteiger partial charge on any atom is -0.365 e. The van der Waals surface area contributed by atoms with Crippen LogP contribution in [0.3, 0.4) is 0 Å². The Balaban J connectivity index is 1.08. The average molecular weight is 1050 g/mol. The molecule has 6 aliphatic rings. The number of nitrogens with zero attached hydrogens (tertiary/aromatic N) is 3. The highest BCUT2D eigenvalue weighted by Gasteiger charge is 2.49. The van der Waals surface area contributed by atoms with Gasteiger partial charge in [0, 0.05) is 62.8 Å². The second-order valence-electron chi connectivity index (χ2n) is 26.1. The highest BCUT2D eigenvalue weighted by Crippen LogP contribution is 2.56. The molecule has 0 spiro atoms. The fourth-order valence-electron chi connectivity index (χ4n) is 15.3. The van der Waals surface area contributed by atoms with Gasteiger partial charge in [-0.05, 0) is 146 Å². The van der Waals surface area contributed by atoms with Crippen LogP contribution in [0.4, 0.5) is 39.8 Å². The third kappa shape index (κ3) is 8.38. The SMILES string of the molecule is CC(C)(C)c1ccc(-c2ccc3c(c2)B2c4ccc(N5C6CC7CC(C6)CC5C7)cc4N(c4c(-c5ccccc5)cccc4-c4ccccc4)c4cc(C(C)(C)C)cc(c42)N3c2c(-c3ccccc3)cccc2-c2ccccc2)cc1. The lowest BCUT2D eigenvalue weighted by atomic mass is 9.33. The summed E-state index contributed by atoms with van der Waals surface area (Å²) < 4.78 is 0. The van der Waals surface area contributed by atoms with E-state index < -0.39 is 0 Å². The fraction of sp³-hybridized carbons (Fsp3) is 0.221. The molecule has 396 valence electrons. The maximum Gasteiger partial charge on any atom is 0.252 e. The van der Waals surface area contributed by atoms with Gasteiger partial charge in [0.1, 0.15) is 0 Å². The molecule has 0 amide bonds. The van der Waals surface area contributed by atoms with E-state index in [1.807, 2.05) is 0 Å². The third-order valence-corrected chi connectivity index (χ3v) is 19.0. The van der Waals surface area contributed by atoms with Crippen molar-refractivity contribution in [2.24, 2.45) is 11.8 Å². The van der Waals surface area contributed by atoms with Crippen LogP contribution in [0.15, 0.2) is 231 Å². The van der Waals surface area contributed by atoms with Crippen molar-refractivity contribution in [1.82, 2.24) is 0 Å². The summed E-state index contributed by atoms with van der Waals surface area (Å²) in [6.45, 7) is 14.0. The van der Waals surface area contributed by atoms with Crippen molar-refractivity contribution >= 4 is 62.9 Å². The van der Waals surface area contributed by atoms with E-state index in [-0.39, 0.29) is 17.5 Å². The predicted octanol–water partition coefficient (Wildman–Crippen LogP) is 18.5. The second-order valence-corrected chi connectivity index (χ2v) is 26.1. The van der Waals surface area contributed by atoms with E-state index in [9.17, 15) is 0 Å². The molecule has 4 fully saturated rings. The van der Waals surface area contributed by atoms with Crippen LogP contribution < -0.4 is 31.1 Å². The molecular weight excluding hydrogens is 978 g/mol. The zero-order valence-electron chi connectivity index (χ0n) is 47.7. The Bertz CT molecular complexity index is 3880. The van der Waals surface area contributed by atoms with E-state index in [0.29, 0.717) is 12.1 Å². The molecule has 4 heteroatoms. The summed E-state index contributed by atoms with van der Waals surface area (Å²) in [5.74, 6) is 1.72. The highest BCUT2D eigenvalue weighted by molar-refractivity contribution is 7.00. The van der Waals surface area contributed by atoms with E-state index in [2.05, 4.69) is 287 Å². The number of anilines is 7. The Hall–Kier alpha value is -8.34. The average Bonchev–Trinajstić information content (AvgIpc) is 3.67. The van der Waals surface area contributed by atoms with Gasteiger partial charge in [0.25, 0.3) is 6.71 Å². The molecule has 0 unspecified atom stereocenters. The number of para-hydroxylation sites is 2. The molecule has 0 atom stereocenters. The van der Waals surface area contributed by atoms with Crippen molar-refractivity contribution in [2.45, 2.75) is 96.6 Å². The lowest BCUT2D eigenvalue weighted by Gasteiger charge is -2.57. The molecule has 10 aromatic carbocycles. The maximum atomic E-state index is 2.90. The zero-order valence-corrected chi connectivity index (χ0v) is 47.7. The summed E-state index contributed by atoms with van der Waals surface area (Å²) >= 11 is 0. The Kier molecular flexibility index (Phi) is 11.8. The van der Waals surface area contributed by atoms with Crippen molar-refractivity contribution in [1.29, 1.82) is 0 Å². The van der Waals surface area contributed by atoms with E-state index in [1.165, 1.54) is 155 Å². The number of fused-ring (bicyclic) bond motifs is 4. The van der Waals surface area contributed by atoms with Gasteiger partial charge in [0.2, 0.25) is 0 Å². The summed E-state index contributed by atoms with van der Waals surface area (Å²) in [7, 11) is 0. The first-order chi connectivity index (χ1) is 39.4. The zero-order chi connectivity index (χ0) is 54.7. The van der Waals surface area contributed by atoms with E-state index in [0.717, 1.165) is 11.8 Å². The summed E-state index contributed by atoms with van der Waals surface area (Å²) in [4.78, 5) is 8.35. The second kappa shape index (κ2) is 19.2. The van der Waals surface area contributed by atoms with Gasteiger partial charge in [-0.2, -0.15) is 0 Å². The quantitative estimate of drug-likeness (QED) is 0.140. The number of piperidine rings is 2. The topological polar surface area (TPSA) is 9.72 Å². The van der Waals surface area contributed by atoms with Gasteiger partial charge >= 0.3 is 0 Å². The van der Waals surface area contributed by atoms with Crippen LogP contribution in [0, 0.1) is 11.8 Å². The van der Waals surface area contributed by atoms with Crippen molar-refractivity contribution in [3.63, 3.8) is 0 Å². The van der Waals surface area contributed by atoms with Gasteiger partial charge in [0.15, 0.2) is 0 Å². The molecule has 2 aliphatic carbocycles. The van der Waals surface area contributed by atoms with Crippen molar-refractivity contribution in [3.05, 3.63) is 242 Å². The third-order valence-electron chi connectivity index (χ3n) is 19.0. The van der Waals surface area contributed by atoms with Crippen LogP contribution in [-0.4, -0.2) is 18.8 Å². The molecule has 0 aromatic heterocycles. The Morgan fingerprint density at radius 1 is 0.333 bits per heavy atom. The Morgan fingerprint density at radius 3 is 1.21 bits per heavy atom. The minimum absolute atomic E-state index is 0.0484. The van der Waals surface area contributed by atoms with Crippen LogP contribution in [0.1, 0.15) is 84.8 Å². The van der Waals surface area contributed by atoms with Crippen molar-refractivity contribution in [2.75, 3.05) is 14.7 Å². The van der Waals surface area contributed by atoms with Crippen molar-refractivity contribution in [3.8, 4) is 55.6 Å². The molecule has 0 N–H and O–H groups in total. The van der Waals surface area contributed by atoms with Gasteiger partial charge in [-0.3, -0.25) is 0 Å².